The molecule has 0 heterocycles. The van der Waals surface area contributed by atoms with E-state index in [4.69, 9.17) is 22.7 Å². The molecule has 2 nitrogen and oxygen atoms in total. The van der Waals surface area contributed by atoms with E-state index in [1.807, 2.05) is 42.5 Å². The van der Waals surface area contributed by atoms with Gasteiger partial charge in [-0.15, -0.1) is 0 Å². The molecule has 110 valence electrons. The molecule has 0 unspecified atom stereocenters. The number of benzene rings is 3. The van der Waals surface area contributed by atoms with E-state index in [1.54, 1.807) is 0 Å². The molecule has 0 fully saturated rings. The van der Waals surface area contributed by atoms with Crippen LogP contribution < -0.4 is 10.5 Å². The van der Waals surface area contributed by atoms with Gasteiger partial charge in [0, 0.05) is 0 Å². The Morgan fingerprint density at radius 2 is 1.86 bits per heavy atom. The van der Waals surface area contributed by atoms with Gasteiger partial charge in [-0.2, -0.15) is 0 Å². The average Bonchev–Trinajstić information content (AvgIpc) is 2.52. The number of rotatable bonds is 4. The van der Waals surface area contributed by atoms with Crippen molar-refractivity contribution in [2.75, 3.05) is 0 Å². The van der Waals surface area contributed by atoms with Gasteiger partial charge < -0.3 is 10.5 Å². The molecule has 0 saturated carbocycles. The highest BCUT2D eigenvalue weighted by atomic mass is 32.1. The first kappa shape index (κ1) is 14.5. The topological polar surface area (TPSA) is 35.2 Å². The molecule has 3 aromatic carbocycles. The molecule has 0 aliphatic heterocycles. The van der Waals surface area contributed by atoms with Crippen molar-refractivity contribution in [1.82, 2.24) is 0 Å². The Morgan fingerprint density at radius 3 is 2.64 bits per heavy atom. The van der Waals surface area contributed by atoms with Crippen molar-refractivity contribution in [3.8, 4) is 5.75 Å². The molecule has 0 spiro atoms. The van der Waals surface area contributed by atoms with Crippen LogP contribution in [-0.2, 0) is 6.61 Å². The maximum absolute atomic E-state index is 5.98. The third-order valence-electron chi connectivity index (χ3n) is 3.61. The van der Waals surface area contributed by atoms with Crippen LogP contribution in [0.15, 0.2) is 60.7 Å². The zero-order valence-corrected chi connectivity index (χ0v) is 13.2. The Balaban J connectivity index is 1.96. The molecule has 0 amide bonds. The zero-order chi connectivity index (χ0) is 15.5. The molecule has 2 N–H and O–H groups in total. The fraction of sp³-hybridized carbons (Fsp3) is 0.105. The molecule has 3 aromatic rings. The lowest BCUT2D eigenvalue weighted by Crippen LogP contribution is -2.12. The third-order valence-corrected chi connectivity index (χ3v) is 3.82. The second kappa shape index (κ2) is 6.16. The van der Waals surface area contributed by atoms with Gasteiger partial charge in [-0.05, 0) is 29.3 Å². The van der Waals surface area contributed by atoms with Gasteiger partial charge in [-0.3, -0.25) is 0 Å². The molecular weight excluding hydrogens is 290 g/mol. The van der Waals surface area contributed by atoms with Crippen LogP contribution >= 0.6 is 12.2 Å². The smallest absolute Gasteiger partial charge is 0.130 e. The van der Waals surface area contributed by atoms with E-state index in [9.17, 15) is 0 Å². The normalized spacial score (nSPS) is 10.6. The summed E-state index contributed by atoms with van der Waals surface area (Å²) in [6, 6.07) is 20.3. The summed E-state index contributed by atoms with van der Waals surface area (Å²) in [6.07, 6.45) is 0. The van der Waals surface area contributed by atoms with Crippen LogP contribution in [0.1, 0.15) is 16.7 Å². The molecule has 0 aliphatic carbocycles. The van der Waals surface area contributed by atoms with E-state index in [1.165, 1.54) is 5.56 Å². The van der Waals surface area contributed by atoms with Crippen molar-refractivity contribution in [3.63, 3.8) is 0 Å². The molecule has 22 heavy (non-hydrogen) atoms. The molecule has 0 aliphatic rings. The predicted molar refractivity (Wildman–Crippen MR) is 95.3 cm³/mol. The highest BCUT2D eigenvalue weighted by Gasteiger charge is 2.11. The number of hydrogen-bond acceptors (Lipinski definition) is 2. The highest BCUT2D eigenvalue weighted by molar-refractivity contribution is 7.80. The maximum Gasteiger partial charge on any atom is 0.130 e. The molecule has 0 radical (unpaired) electrons. The van der Waals surface area contributed by atoms with Crippen LogP contribution in [0.4, 0.5) is 0 Å². The lowest BCUT2D eigenvalue weighted by molar-refractivity contribution is 0.306. The summed E-state index contributed by atoms with van der Waals surface area (Å²) in [5, 5.41) is 2.13. The summed E-state index contributed by atoms with van der Waals surface area (Å²) in [4.78, 5) is 0.357. The summed E-state index contributed by atoms with van der Waals surface area (Å²) in [7, 11) is 0. The predicted octanol–water partition coefficient (Wildman–Crippen LogP) is 4.36. The number of nitrogens with two attached hydrogens (primary N) is 1. The van der Waals surface area contributed by atoms with Crippen LogP contribution in [0, 0.1) is 6.92 Å². The lowest BCUT2D eigenvalue weighted by Gasteiger charge is -2.13. The SMILES string of the molecule is Cc1cccc(COc2ccc3ccccc3c2C(N)=S)c1. The number of aryl methyl sites for hydroxylation is 1. The Labute approximate surface area is 135 Å². The Hall–Kier alpha value is -2.39. The lowest BCUT2D eigenvalue weighted by atomic mass is 10.0. The van der Waals surface area contributed by atoms with Gasteiger partial charge in [0.1, 0.15) is 17.3 Å². The van der Waals surface area contributed by atoms with Crippen molar-refractivity contribution in [3.05, 3.63) is 77.4 Å². The van der Waals surface area contributed by atoms with Crippen LogP contribution in [0.2, 0.25) is 0 Å². The third kappa shape index (κ3) is 2.95. The van der Waals surface area contributed by atoms with Crippen molar-refractivity contribution in [2.45, 2.75) is 13.5 Å². The van der Waals surface area contributed by atoms with Crippen LogP contribution in [0.3, 0.4) is 0 Å². The standard InChI is InChI=1S/C19H17NOS/c1-13-5-4-6-14(11-13)12-21-17-10-9-15-7-2-3-8-16(15)18(17)19(20)22/h2-11H,12H2,1H3,(H2,20,22). The van der Waals surface area contributed by atoms with E-state index in [-0.39, 0.29) is 0 Å². The molecular formula is C19H17NOS. The Kier molecular flexibility index (Phi) is 4.07. The minimum Gasteiger partial charge on any atom is -0.488 e. The molecule has 0 atom stereocenters. The second-order valence-electron chi connectivity index (χ2n) is 5.30. The molecule has 3 heteroatoms. The summed E-state index contributed by atoms with van der Waals surface area (Å²) in [5.41, 5.74) is 9.08. The molecule has 0 saturated heterocycles. The van der Waals surface area contributed by atoms with Gasteiger partial charge in [0.25, 0.3) is 0 Å². The maximum atomic E-state index is 5.98. The van der Waals surface area contributed by atoms with Gasteiger partial charge in [-0.1, -0.05) is 72.4 Å². The fourth-order valence-corrected chi connectivity index (χ4v) is 2.80. The van der Waals surface area contributed by atoms with E-state index < -0.39 is 0 Å². The molecule has 0 bridgehead atoms. The van der Waals surface area contributed by atoms with E-state index in [0.717, 1.165) is 27.6 Å². The van der Waals surface area contributed by atoms with E-state index in [0.29, 0.717) is 11.6 Å². The van der Waals surface area contributed by atoms with Crippen molar-refractivity contribution in [1.29, 1.82) is 0 Å². The minimum atomic E-state index is 0.357. The largest absolute Gasteiger partial charge is 0.488 e. The van der Waals surface area contributed by atoms with Crippen molar-refractivity contribution in [2.24, 2.45) is 5.73 Å². The fourth-order valence-electron chi connectivity index (χ4n) is 2.59. The summed E-state index contributed by atoms with van der Waals surface area (Å²) in [6.45, 7) is 2.57. The zero-order valence-electron chi connectivity index (χ0n) is 12.4. The number of fused-ring (bicyclic) bond motifs is 1. The molecule has 0 aromatic heterocycles. The van der Waals surface area contributed by atoms with Crippen molar-refractivity contribution < 1.29 is 4.74 Å². The number of ether oxygens (including phenoxy) is 1. The van der Waals surface area contributed by atoms with Gasteiger partial charge in [0.15, 0.2) is 0 Å². The Morgan fingerprint density at radius 1 is 1.05 bits per heavy atom. The summed E-state index contributed by atoms with van der Waals surface area (Å²) >= 11 is 5.23. The van der Waals surface area contributed by atoms with Gasteiger partial charge in [-0.25, -0.2) is 0 Å². The average molecular weight is 307 g/mol. The van der Waals surface area contributed by atoms with Crippen molar-refractivity contribution >= 4 is 28.0 Å². The minimum absolute atomic E-state index is 0.357. The Bertz CT molecular complexity index is 842. The van der Waals surface area contributed by atoms with Gasteiger partial charge >= 0.3 is 0 Å². The molecule has 3 rings (SSSR count). The first-order valence-electron chi connectivity index (χ1n) is 7.15. The van der Waals surface area contributed by atoms with Crippen LogP contribution in [0.25, 0.3) is 10.8 Å². The monoisotopic (exact) mass is 307 g/mol. The number of hydrogen-bond donors (Lipinski definition) is 1. The van der Waals surface area contributed by atoms with Gasteiger partial charge in [0.05, 0.1) is 5.56 Å². The first-order valence-corrected chi connectivity index (χ1v) is 7.56. The summed E-state index contributed by atoms with van der Waals surface area (Å²) in [5.74, 6) is 0.729. The van der Waals surface area contributed by atoms with Crippen LogP contribution in [0.5, 0.6) is 5.75 Å². The number of thiocarbonyl (C=S) groups is 1. The van der Waals surface area contributed by atoms with E-state index >= 15 is 0 Å². The van der Waals surface area contributed by atoms with Crippen LogP contribution in [-0.4, -0.2) is 4.99 Å². The summed E-state index contributed by atoms with van der Waals surface area (Å²) < 4.78 is 5.98. The van der Waals surface area contributed by atoms with E-state index in [2.05, 4.69) is 25.1 Å². The van der Waals surface area contributed by atoms with Gasteiger partial charge in [0.2, 0.25) is 0 Å². The highest BCUT2D eigenvalue weighted by Crippen LogP contribution is 2.28. The second-order valence-corrected chi connectivity index (χ2v) is 5.74. The first-order chi connectivity index (χ1) is 10.6. The quantitative estimate of drug-likeness (QED) is 0.727.